The summed E-state index contributed by atoms with van der Waals surface area (Å²) in [7, 11) is 0. The quantitative estimate of drug-likeness (QED) is 0.295. The van der Waals surface area contributed by atoms with Crippen molar-refractivity contribution in [1.29, 1.82) is 0 Å². The summed E-state index contributed by atoms with van der Waals surface area (Å²) < 4.78 is 0. The lowest BCUT2D eigenvalue weighted by Gasteiger charge is -2.01. The van der Waals surface area contributed by atoms with Crippen molar-refractivity contribution >= 4 is 18.7 Å². The third-order valence-electron chi connectivity index (χ3n) is 0.495. The van der Waals surface area contributed by atoms with E-state index in [9.17, 15) is 4.79 Å². The van der Waals surface area contributed by atoms with Gasteiger partial charge in [0, 0.05) is 0 Å². The van der Waals surface area contributed by atoms with Gasteiger partial charge in [0.05, 0.1) is 5.37 Å². The summed E-state index contributed by atoms with van der Waals surface area (Å²) in [6.07, 6.45) is 0.293. The number of thiol groups is 1. The van der Waals surface area contributed by atoms with E-state index in [2.05, 4.69) is 24.5 Å². The van der Waals surface area contributed by atoms with Crippen LogP contribution >= 0.6 is 12.6 Å². The van der Waals surface area contributed by atoms with Gasteiger partial charge in [0.2, 0.25) is 0 Å². The summed E-state index contributed by atoms with van der Waals surface area (Å²) in [6, 6.07) is 0. The molecule has 1 unspecified atom stereocenters. The van der Waals surface area contributed by atoms with Crippen molar-refractivity contribution in [2.75, 3.05) is 0 Å². The molecule has 0 aliphatic rings. The van der Waals surface area contributed by atoms with Gasteiger partial charge in [-0.05, 0) is 0 Å². The highest BCUT2D eigenvalue weighted by atomic mass is 32.1. The van der Waals surface area contributed by atoms with Crippen molar-refractivity contribution in [3.8, 4) is 0 Å². The lowest BCUT2D eigenvalue weighted by molar-refractivity contribution is 0.195. The molecule has 0 aliphatic heterocycles. The minimum absolute atomic E-state index is 0.465. The maximum absolute atomic E-state index is 9.76. The Bertz CT molecular complexity index is 104. The summed E-state index contributed by atoms with van der Waals surface area (Å²) in [4.78, 5) is 9.76. The molecule has 0 saturated heterocycles. The first-order valence-corrected chi connectivity index (χ1v) is 2.48. The fourth-order valence-corrected chi connectivity index (χ4v) is 0.296. The van der Waals surface area contributed by atoms with Gasteiger partial charge < -0.3 is 10.4 Å². The molecule has 0 bridgehead atoms. The van der Waals surface area contributed by atoms with Crippen molar-refractivity contribution in [3.05, 3.63) is 12.7 Å². The van der Waals surface area contributed by atoms with E-state index in [1.54, 1.807) is 0 Å². The van der Waals surface area contributed by atoms with Gasteiger partial charge >= 0.3 is 6.09 Å². The largest absolute Gasteiger partial charge is 0.465 e. The Hall–Kier alpha value is -0.640. The smallest absolute Gasteiger partial charge is 0.405 e. The van der Waals surface area contributed by atoms with Crippen molar-refractivity contribution in [2.45, 2.75) is 5.37 Å². The van der Waals surface area contributed by atoms with Crippen LogP contribution in [0.2, 0.25) is 0 Å². The summed E-state index contributed by atoms with van der Waals surface area (Å²) in [5, 5.41) is 9.60. The summed E-state index contributed by atoms with van der Waals surface area (Å²) in [5.74, 6) is 0. The highest BCUT2D eigenvalue weighted by molar-refractivity contribution is 7.81. The van der Waals surface area contributed by atoms with Crippen LogP contribution < -0.4 is 5.32 Å². The molecule has 0 saturated carbocycles. The van der Waals surface area contributed by atoms with Crippen molar-refractivity contribution in [1.82, 2.24) is 5.32 Å². The maximum Gasteiger partial charge on any atom is 0.405 e. The molecule has 0 aromatic carbocycles. The Morgan fingerprint density at radius 3 is 2.62 bits per heavy atom. The highest BCUT2D eigenvalue weighted by Gasteiger charge is 1.97. The fraction of sp³-hybridized carbons (Fsp3) is 0.250. The minimum Gasteiger partial charge on any atom is -0.465 e. The van der Waals surface area contributed by atoms with E-state index in [0.29, 0.717) is 0 Å². The molecule has 1 atom stereocenters. The Morgan fingerprint density at radius 1 is 2.00 bits per heavy atom. The Kier molecular flexibility index (Phi) is 3.10. The molecule has 4 heteroatoms. The summed E-state index contributed by atoms with van der Waals surface area (Å²) in [6.45, 7) is 3.31. The predicted molar refractivity (Wildman–Crippen MR) is 34.1 cm³/mol. The summed E-state index contributed by atoms with van der Waals surface area (Å²) >= 11 is 3.76. The van der Waals surface area contributed by atoms with E-state index >= 15 is 0 Å². The number of hydrogen-bond acceptors (Lipinski definition) is 2. The standard InChI is InChI=1S/C4H7NO2S/c1-2-3(8)5-4(6)7/h2-3,5,8H,1H2,(H,6,7). The average molecular weight is 133 g/mol. The number of carboxylic acid groups (broad SMARTS) is 1. The molecular weight excluding hydrogens is 126 g/mol. The monoisotopic (exact) mass is 133 g/mol. The molecule has 3 nitrogen and oxygen atoms in total. The second-order valence-electron chi connectivity index (χ2n) is 1.13. The number of amides is 1. The van der Waals surface area contributed by atoms with Crippen LogP contribution in [0.3, 0.4) is 0 Å². The zero-order valence-corrected chi connectivity index (χ0v) is 5.06. The van der Waals surface area contributed by atoms with Gasteiger partial charge in [-0.3, -0.25) is 0 Å². The van der Waals surface area contributed by atoms with E-state index in [0.717, 1.165) is 0 Å². The number of carbonyl (C=O) groups is 1. The molecule has 0 radical (unpaired) electrons. The molecule has 1 amide bonds. The van der Waals surface area contributed by atoms with Gasteiger partial charge in [0.25, 0.3) is 0 Å². The van der Waals surface area contributed by atoms with Crippen LogP contribution in [0.4, 0.5) is 4.79 Å². The van der Waals surface area contributed by atoms with Crippen LogP contribution in [0.15, 0.2) is 12.7 Å². The molecule has 0 spiro atoms. The van der Waals surface area contributed by atoms with Gasteiger partial charge in [0.1, 0.15) is 0 Å². The van der Waals surface area contributed by atoms with E-state index in [1.807, 2.05) is 0 Å². The molecule has 0 aliphatic carbocycles. The second-order valence-corrected chi connectivity index (χ2v) is 1.69. The molecule has 0 heterocycles. The van der Waals surface area contributed by atoms with Gasteiger partial charge in [0.15, 0.2) is 0 Å². The maximum atomic E-state index is 9.76. The van der Waals surface area contributed by atoms with E-state index in [1.165, 1.54) is 6.08 Å². The van der Waals surface area contributed by atoms with Crippen molar-refractivity contribution < 1.29 is 9.90 Å². The van der Waals surface area contributed by atoms with Crippen molar-refractivity contribution in [2.24, 2.45) is 0 Å². The molecule has 0 rings (SSSR count). The minimum atomic E-state index is -1.09. The highest BCUT2D eigenvalue weighted by Crippen LogP contribution is 1.87. The molecular formula is C4H7NO2S. The second kappa shape index (κ2) is 3.37. The number of rotatable bonds is 2. The van der Waals surface area contributed by atoms with E-state index < -0.39 is 11.5 Å². The topological polar surface area (TPSA) is 49.3 Å². The SMILES string of the molecule is C=CC(S)NC(=O)O. The molecule has 0 fully saturated rings. The van der Waals surface area contributed by atoms with Gasteiger partial charge in [-0.1, -0.05) is 6.08 Å². The summed E-state index contributed by atoms with van der Waals surface area (Å²) in [5.41, 5.74) is 0. The molecule has 2 N–H and O–H groups in total. The molecule has 8 heavy (non-hydrogen) atoms. The fourth-order valence-electron chi connectivity index (χ4n) is 0.185. The van der Waals surface area contributed by atoms with Crippen LogP contribution in [-0.4, -0.2) is 16.6 Å². The van der Waals surface area contributed by atoms with Crippen LogP contribution in [0.25, 0.3) is 0 Å². The number of hydrogen-bond donors (Lipinski definition) is 3. The first kappa shape index (κ1) is 7.36. The first-order valence-electron chi connectivity index (χ1n) is 1.97. The lowest BCUT2D eigenvalue weighted by atomic mass is 10.6. The Balaban J connectivity index is 3.38. The molecule has 0 aromatic heterocycles. The molecule has 46 valence electrons. The van der Waals surface area contributed by atoms with Gasteiger partial charge in [-0.15, -0.1) is 6.58 Å². The zero-order valence-electron chi connectivity index (χ0n) is 4.16. The molecule has 0 aromatic rings. The zero-order chi connectivity index (χ0) is 6.57. The van der Waals surface area contributed by atoms with Crippen LogP contribution in [-0.2, 0) is 0 Å². The van der Waals surface area contributed by atoms with Crippen molar-refractivity contribution in [3.63, 3.8) is 0 Å². The normalized spacial score (nSPS) is 12.1. The number of nitrogens with one attached hydrogen (secondary N) is 1. The van der Waals surface area contributed by atoms with Crippen LogP contribution in [0.5, 0.6) is 0 Å². The first-order chi connectivity index (χ1) is 3.66. The van der Waals surface area contributed by atoms with E-state index in [-0.39, 0.29) is 0 Å². The Morgan fingerprint density at radius 2 is 2.50 bits per heavy atom. The van der Waals surface area contributed by atoms with Crippen LogP contribution in [0.1, 0.15) is 0 Å². The van der Waals surface area contributed by atoms with Gasteiger partial charge in [-0.2, -0.15) is 12.6 Å². The lowest BCUT2D eigenvalue weighted by Crippen LogP contribution is -2.27. The average Bonchev–Trinajstić information content (AvgIpc) is 1.65. The Labute approximate surface area is 52.8 Å². The third-order valence-corrected chi connectivity index (χ3v) is 0.835. The third kappa shape index (κ3) is 3.55. The van der Waals surface area contributed by atoms with Gasteiger partial charge in [-0.25, -0.2) is 4.79 Å². The van der Waals surface area contributed by atoms with Crippen LogP contribution in [0, 0.1) is 0 Å². The predicted octanol–water partition coefficient (Wildman–Crippen LogP) is 0.696. The van der Waals surface area contributed by atoms with E-state index in [4.69, 9.17) is 5.11 Å².